The van der Waals surface area contributed by atoms with Crippen molar-refractivity contribution in [3.8, 4) is 5.75 Å². The van der Waals surface area contributed by atoms with Gasteiger partial charge in [0.05, 0.1) is 21.4 Å². The molecule has 8 heteroatoms. The van der Waals surface area contributed by atoms with Gasteiger partial charge in [-0.3, -0.25) is 9.69 Å². The van der Waals surface area contributed by atoms with Gasteiger partial charge in [0.1, 0.15) is 17.3 Å². The maximum Gasteiger partial charge on any atom is 0.262 e. The number of pyridine rings is 1. The molecule has 1 saturated heterocycles. The molecule has 1 fully saturated rings. The van der Waals surface area contributed by atoms with Crippen molar-refractivity contribution in [2.24, 2.45) is 0 Å². The molecular formula is C21H23N5O2S. The molecule has 0 radical (unpaired) electrons. The van der Waals surface area contributed by atoms with Crippen molar-refractivity contribution >= 4 is 39.0 Å². The molecule has 2 aromatic heterocycles. The van der Waals surface area contributed by atoms with E-state index in [1.807, 2.05) is 6.07 Å². The average molecular weight is 410 g/mol. The molecule has 5 rings (SSSR count). The van der Waals surface area contributed by atoms with E-state index in [1.54, 1.807) is 17.5 Å². The first-order valence-corrected chi connectivity index (χ1v) is 10.7. The van der Waals surface area contributed by atoms with Gasteiger partial charge in [-0.15, -0.1) is 11.3 Å². The second-order valence-corrected chi connectivity index (χ2v) is 8.77. The summed E-state index contributed by atoms with van der Waals surface area (Å²) in [5.41, 5.74) is 3.05. The topological polar surface area (TPSA) is 70.6 Å². The molecular weight excluding hydrogens is 386 g/mol. The quantitative estimate of drug-likeness (QED) is 0.716. The molecule has 2 aliphatic rings. The summed E-state index contributed by atoms with van der Waals surface area (Å²) in [7, 11) is 0. The highest BCUT2D eigenvalue weighted by Gasteiger charge is 2.25. The normalized spacial score (nSPS) is 18.3. The molecule has 1 N–H and O–H groups in total. The molecule has 4 heterocycles. The van der Waals surface area contributed by atoms with E-state index in [1.165, 1.54) is 10.3 Å². The van der Waals surface area contributed by atoms with Crippen LogP contribution in [0.25, 0.3) is 10.2 Å². The third kappa shape index (κ3) is 3.54. The molecule has 1 atom stereocenters. The number of anilines is 2. The number of amides is 1. The Hall–Kier alpha value is -2.71. The summed E-state index contributed by atoms with van der Waals surface area (Å²) in [6, 6.07) is 8.92. The monoisotopic (exact) mass is 409 g/mol. The SMILES string of the molecule is Cc1nc2cc(C(C)N3CCN(c4cc5c(cn4)NC(=O)CO5)CC3)ccc2s1. The Balaban J connectivity index is 1.26. The number of carbonyl (C=O) groups excluding carboxylic acids is 1. The Morgan fingerprint density at radius 2 is 2.03 bits per heavy atom. The van der Waals surface area contributed by atoms with E-state index in [0.717, 1.165) is 42.5 Å². The lowest BCUT2D eigenvalue weighted by atomic mass is 10.1. The number of hydrogen-bond donors (Lipinski definition) is 1. The highest BCUT2D eigenvalue weighted by Crippen LogP contribution is 2.32. The van der Waals surface area contributed by atoms with Gasteiger partial charge in [-0.05, 0) is 31.5 Å². The van der Waals surface area contributed by atoms with Crippen molar-refractivity contribution in [1.29, 1.82) is 0 Å². The summed E-state index contributed by atoms with van der Waals surface area (Å²) in [4.78, 5) is 25.4. The first-order valence-electron chi connectivity index (χ1n) is 9.85. The van der Waals surface area contributed by atoms with Crippen molar-refractivity contribution in [2.45, 2.75) is 19.9 Å². The zero-order valence-corrected chi connectivity index (χ0v) is 17.3. The fraction of sp³-hybridized carbons (Fsp3) is 0.381. The Labute approximate surface area is 173 Å². The van der Waals surface area contributed by atoms with E-state index in [4.69, 9.17) is 4.74 Å². The number of benzene rings is 1. The van der Waals surface area contributed by atoms with Gasteiger partial charge < -0.3 is 15.0 Å². The number of thiazole rings is 1. The Morgan fingerprint density at radius 3 is 2.86 bits per heavy atom. The van der Waals surface area contributed by atoms with Gasteiger partial charge in [0.2, 0.25) is 0 Å². The highest BCUT2D eigenvalue weighted by molar-refractivity contribution is 7.18. The molecule has 3 aromatic rings. The van der Waals surface area contributed by atoms with E-state index in [2.05, 4.69) is 57.1 Å². The number of nitrogens with one attached hydrogen (secondary N) is 1. The van der Waals surface area contributed by atoms with Gasteiger partial charge in [0.25, 0.3) is 5.91 Å². The van der Waals surface area contributed by atoms with Crippen LogP contribution in [0.5, 0.6) is 5.75 Å². The van der Waals surface area contributed by atoms with Crippen LogP contribution in [0.3, 0.4) is 0 Å². The van der Waals surface area contributed by atoms with Gasteiger partial charge in [-0.1, -0.05) is 6.07 Å². The first kappa shape index (κ1) is 18.3. The number of rotatable bonds is 3. The van der Waals surface area contributed by atoms with E-state index in [0.29, 0.717) is 17.5 Å². The van der Waals surface area contributed by atoms with E-state index in [9.17, 15) is 4.79 Å². The average Bonchev–Trinajstić information content (AvgIpc) is 3.12. The van der Waals surface area contributed by atoms with E-state index >= 15 is 0 Å². The van der Waals surface area contributed by atoms with Crippen molar-refractivity contribution in [1.82, 2.24) is 14.9 Å². The predicted molar refractivity (Wildman–Crippen MR) is 115 cm³/mol. The lowest BCUT2D eigenvalue weighted by Gasteiger charge is -2.39. The van der Waals surface area contributed by atoms with Crippen molar-refractivity contribution in [3.05, 3.63) is 41.0 Å². The number of piperazine rings is 1. The third-order valence-corrected chi connectivity index (χ3v) is 6.62. The lowest BCUT2D eigenvalue weighted by molar-refractivity contribution is -0.118. The van der Waals surface area contributed by atoms with Gasteiger partial charge in [-0.25, -0.2) is 9.97 Å². The number of carbonyl (C=O) groups is 1. The van der Waals surface area contributed by atoms with Crippen molar-refractivity contribution < 1.29 is 9.53 Å². The number of fused-ring (bicyclic) bond motifs is 2. The summed E-state index contributed by atoms with van der Waals surface area (Å²) < 4.78 is 6.78. The molecule has 0 spiro atoms. The summed E-state index contributed by atoms with van der Waals surface area (Å²) in [6.07, 6.45) is 1.68. The number of aromatic nitrogens is 2. The minimum atomic E-state index is -0.138. The molecule has 2 aliphatic heterocycles. The van der Waals surface area contributed by atoms with Gasteiger partial charge in [-0.2, -0.15) is 0 Å². The van der Waals surface area contributed by atoms with Crippen molar-refractivity contribution in [3.63, 3.8) is 0 Å². The maximum atomic E-state index is 11.4. The smallest absolute Gasteiger partial charge is 0.262 e. The number of hydrogen-bond acceptors (Lipinski definition) is 7. The van der Waals surface area contributed by atoms with Gasteiger partial charge in [0, 0.05) is 38.3 Å². The second kappa shape index (κ2) is 7.27. The van der Waals surface area contributed by atoms with Crippen LogP contribution in [0.1, 0.15) is 23.5 Å². The van der Waals surface area contributed by atoms with E-state index < -0.39 is 0 Å². The van der Waals surface area contributed by atoms with Crippen LogP contribution in [-0.2, 0) is 4.79 Å². The Bertz CT molecular complexity index is 1070. The van der Waals surface area contributed by atoms with Gasteiger partial charge >= 0.3 is 0 Å². The zero-order valence-electron chi connectivity index (χ0n) is 16.5. The summed E-state index contributed by atoms with van der Waals surface area (Å²) in [5.74, 6) is 1.45. The minimum Gasteiger partial charge on any atom is -0.481 e. The summed E-state index contributed by atoms with van der Waals surface area (Å²) in [6.45, 7) is 8.12. The van der Waals surface area contributed by atoms with Crippen LogP contribution < -0.4 is 15.0 Å². The fourth-order valence-corrected chi connectivity index (χ4v) is 4.82. The molecule has 1 unspecified atom stereocenters. The lowest BCUT2D eigenvalue weighted by Crippen LogP contribution is -2.47. The van der Waals surface area contributed by atoms with Crippen LogP contribution in [0.4, 0.5) is 11.5 Å². The van der Waals surface area contributed by atoms with Crippen LogP contribution in [0, 0.1) is 6.92 Å². The molecule has 150 valence electrons. The largest absolute Gasteiger partial charge is 0.481 e. The minimum absolute atomic E-state index is 0.0601. The maximum absolute atomic E-state index is 11.4. The number of ether oxygens (including phenoxy) is 1. The Morgan fingerprint density at radius 1 is 1.21 bits per heavy atom. The van der Waals surface area contributed by atoms with Crippen LogP contribution in [0.2, 0.25) is 0 Å². The molecule has 1 amide bonds. The van der Waals surface area contributed by atoms with Crippen molar-refractivity contribution in [2.75, 3.05) is 43.0 Å². The molecule has 7 nitrogen and oxygen atoms in total. The van der Waals surface area contributed by atoms with Gasteiger partial charge in [0.15, 0.2) is 6.61 Å². The third-order valence-electron chi connectivity index (χ3n) is 5.67. The summed E-state index contributed by atoms with van der Waals surface area (Å²) >= 11 is 1.74. The molecule has 29 heavy (non-hydrogen) atoms. The zero-order chi connectivity index (χ0) is 20.0. The second-order valence-electron chi connectivity index (χ2n) is 7.53. The molecule has 0 saturated carbocycles. The van der Waals surface area contributed by atoms with E-state index in [-0.39, 0.29) is 12.5 Å². The van der Waals surface area contributed by atoms with Crippen LogP contribution in [-0.4, -0.2) is 53.6 Å². The first-order chi connectivity index (χ1) is 14.1. The van der Waals surface area contributed by atoms with Crippen LogP contribution >= 0.6 is 11.3 Å². The standard InChI is InChI=1S/C21H23N5O2S/c1-13(15-3-4-19-16(9-15)23-14(2)29-19)25-5-7-26(8-6-25)20-10-18-17(11-22-20)24-21(27)12-28-18/h3-4,9-11,13H,5-8,12H2,1-2H3,(H,24,27). The molecule has 0 bridgehead atoms. The molecule has 0 aliphatic carbocycles. The Kier molecular flexibility index (Phi) is 4.60. The molecule has 1 aromatic carbocycles. The number of aryl methyl sites for hydroxylation is 1. The number of nitrogens with zero attached hydrogens (tertiary/aromatic N) is 4. The van der Waals surface area contributed by atoms with Crippen LogP contribution in [0.15, 0.2) is 30.5 Å². The highest BCUT2D eigenvalue weighted by atomic mass is 32.1. The predicted octanol–water partition coefficient (Wildman–Crippen LogP) is 3.21. The fourth-order valence-electron chi connectivity index (χ4n) is 4.01. The summed E-state index contributed by atoms with van der Waals surface area (Å²) in [5, 5.41) is 3.90.